The number of carboxylic acid groups (broad SMARTS) is 1. The molecule has 15 heteroatoms. The first-order chi connectivity index (χ1) is 14.9. The zero-order valence-electron chi connectivity index (χ0n) is 16.8. The van der Waals surface area contributed by atoms with Crippen molar-refractivity contribution in [1.82, 2.24) is 5.32 Å². The van der Waals surface area contributed by atoms with Crippen LogP contribution in [-0.4, -0.2) is 148 Å². The lowest BCUT2D eigenvalue weighted by molar-refractivity contribution is -0.329. The maximum Gasteiger partial charge on any atom is 0.405 e. The van der Waals surface area contributed by atoms with E-state index < -0.39 is 98.6 Å². The van der Waals surface area contributed by atoms with Gasteiger partial charge in [-0.1, -0.05) is 0 Å². The fourth-order valence-corrected chi connectivity index (χ4v) is 3.94. The van der Waals surface area contributed by atoms with Gasteiger partial charge in [0.1, 0.15) is 54.9 Å². The Hall–Kier alpha value is -1.21. The maximum absolute atomic E-state index is 11.2. The molecule has 2 saturated heterocycles. The molecule has 0 saturated carbocycles. The molecule has 2 rings (SSSR count). The van der Waals surface area contributed by atoms with Crippen LogP contribution in [0.25, 0.3) is 0 Å². The molecule has 0 aromatic rings. The molecule has 1 amide bonds. The van der Waals surface area contributed by atoms with Gasteiger partial charge in [-0.3, -0.25) is 0 Å². The van der Waals surface area contributed by atoms with Crippen LogP contribution in [0.4, 0.5) is 4.79 Å². The molecule has 12 N–H and O–H groups in total. The van der Waals surface area contributed by atoms with Crippen molar-refractivity contribution in [2.24, 2.45) is 0 Å². The summed E-state index contributed by atoms with van der Waals surface area (Å²) in [5.74, 6) is -3.19. The number of hydrogen-bond acceptors (Lipinski definition) is 13. The number of hydrogen-bond donors (Lipinski definition) is 12. The monoisotopic (exact) mass is 473 g/mol. The number of aliphatic hydroxyl groups excluding tert-OH is 8. The second-order valence-electron chi connectivity index (χ2n) is 7.98. The summed E-state index contributed by atoms with van der Waals surface area (Å²) >= 11 is 0. The zero-order valence-corrected chi connectivity index (χ0v) is 16.8. The molecule has 32 heavy (non-hydrogen) atoms. The van der Waals surface area contributed by atoms with Crippen LogP contribution >= 0.6 is 0 Å². The van der Waals surface area contributed by atoms with Crippen LogP contribution in [0.2, 0.25) is 0 Å². The molecule has 15 nitrogen and oxygen atoms in total. The largest absolute Gasteiger partial charge is 0.465 e. The molecule has 188 valence electrons. The van der Waals surface area contributed by atoms with Gasteiger partial charge in [0.25, 0.3) is 0 Å². The quantitative estimate of drug-likeness (QED) is 0.146. The topological polar surface area (TPSA) is 270 Å². The fourth-order valence-electron chi connectivity index (χ4n) is 3.94. The third kappa shape index (κ3) is 5.46. The average Bonchev–Trinajstić information content (AvgIpc) is 2.74. The molecule has 1 unspecified atom stereocenters. The van der Waals surface area contributed by atoms with E-state index in [9.17, 15) is 55.9 Å². The molecule has 0 aliphatic carbocycles. The number of aliphatic hydroxyl groups is 10. The number of rotatable bonds is 8. The van der Waals surface area contributed by atoms with Gasteiger partial charge in [0, 0.05) is 0 Å². The molecule has 2 fully saturated rings. The molecule has 0 radical (unpaired) electrons. The minimum atomic E-state index is -3.19. The minimum absolute atomic E-state index is 0.327. The molecule has 0 bridgehead atoms. The molecule has 0 spiro atoms. The van der Waals surface area contributed by atoms with Gasteiger partial charge in [0.2, 0.25) is 5.79 Å². The van der Waals surface area contributed by atoms with Gasteiger partial charge in [0.15, 0.2) is 0 Å². The van der Waals surface area contributed by atoms with E-state index in [1.807, 2.05) is 5.32 Å². The Morgan fingerprint density at radius 2 is 1.25 bits per heavy atom. The summed E-state index contributed by atoms with van der Waals surface area (Å²) in [5.41, 5.74) is 0. The third-order valence-corrected chi connectivity index (χ3v) is 5.85. The first-order valence-corrected chi connectivity index (χ1v) is 9.92. The van der Waals surface area contributed by atoms with Crippen molar-refractivity contribution in [3.63, 3.8) is 0 Å². The molecule has 11 atom stereocenters. The van der Waals surface area contributed by atoms with Gasteiger partial charge in [0.05, 0.1) is 25.4 Å². The van der Waals surface area contributed by atoms with E-state index in [4.69, 9.17) is 14.6 Å². The summed E-state index contributed by atoms with van der Waals surface area (Å²) in [6, 6.07) is -1.83. The Labute approximate surface area is 181 Å². The van der Waals surface area contributed by atoms with E-state index in [2.05, 4.69) is 0 Å². The Morgan fingerprint density at radius 3 is 1.75 bits per heavy atom. The Kier molecular flexibility index (Phi) is 9.13. The molecule has 0 aromatic heterocycles. The summed E-state index contributed by atoms with van der Waals surface area (Å²) < 4.78 is 10.4. The van der Waals surface area contributed by atoms with Crippen LogP contribution in [-0.2, 0) is 9.47 Å². The van der Waals surface area contributed by atoms with Gasteiger partial charge in [-0.05, 0) is 12.8 Å². The van der Waals surface area contributed by atoms with Crippen molar-refractivity contribution in [2.45, 2.75) is 85.7 Å². The highest BCUT2D eigenvalue weighted by atomic mass is 16.6. The summed E-state index contributed by atoms with van der Waals surface area (Å²) in [4.78, 5) is 11.2. The standard InChI is InChI=1S/C17H31NO14/c19-3-6-10(22)12(24)9(21)5(31-6)1-2-8(18-16(27)28)17(29,30)15-14(26)13(25)11(23)7(4-20)32-15/h5-15,18-26,29-30H,1-4H2,(H,27,28)/t5-,6-,7-,8?,9-,10-,11-,12-,13+,14+,15+/m1/s1. The molecule has 2 aliphatic heterocycles. The number of amides is 1. The predicted molar refractivity (Wildman–Crippen MR) is 98.9 cm³/mol. The van der Waals surface area contributed by atoms with E-state index in [0.29, 0.717) is 0 Å². The highest BCUT2D eigenvalue weighted by molar-refractivity contribution is 5.65. The van der Waals surface area contributed by atoms with Crippen molar-refractivity contribution >= 4 is 6.09 Å². The van der Waals surface area contributed by atoms with Crippen molar-refractivity contribution < 1.29 is 70.4 Å². The smallest absolute Gasteiger partial charge is 0.405 e. The number of nitrogens with one attached hydrogen (secondary N) is 1. The van der Waals surface area contributed by atoms with Crippen LogP contribution in [0.3, 0.4) is 0 Å². The lowest BCUT2D eigenvalue weighted by Crippen LogP contribution is -2.70. The lowest BCUT2D eigenvalue weighted by Gasteiger charge is -2.47. The van der Waals surface area contributed by atoms with Crippen LogP contribution in [0, 0.1) is 0 Å². The lowest BCUT2D eigenvalue weighted by atomic mass is 9.85. The maximum atomic E-state index is 11.2. The number of carbonyl (C=O) groups is 1. The van der Waals surface area contributed by atoms with Crippen molar-refractivity contribution in [2.75, 3.05) is 13.2 Å². The number of ether oxygens (including phenoxy) is 2. The molecule has 0 aromatic carbocycles. The van der Waals surface area contributed by atoms with Crippen molar-refractivity contribution in [1.29, 1.82) is 0 Å². The van der Waals surface area contributed by atoms with Crippen LogP contribution in [0.5, 0.6) is 0 Å². The Balaban J connectivity index is 2.20. The Bertz CT molecular complexity index is 618. The first-order valence-electron chi connectivity index (χ1n) is 9.92. The Morgan fingerprint density at radius 1 is 0.781 bits per heavy atom. The van der Waals surface area contributed by atoms with Gasteiger partial charge in [-0.25, -0.2) is 4.79 Å². The van der Waals surface area contributed by atoms with E-state index in [0.717, 1.165) is 0 Å². The van der Waals surface area contributed by atoms with E-state index >= 15 is 0 Å². The summed E-state index contributed by atoms with van der Waals surface area (Å²) in [6.07, 6.45) is -19.4. The summed E-state index contributed by atoms with van der Waals surface area (Å²) in [7, 11) is 0. The highest BCUT2D eigenvalue weighted by Crippen LogP contribution is 2.32. The predicted octanol–water partition coefficient (Wildman–Crippen LogP) is -6.23. The van der Waals surface area contributed by atoms with Crippen LogP contribution in [0.1, 0.15) is 12.8 Å². The average molecular weight is 473 g/mol. The van der Waals surface area contributed by atoms with E-state index in [-0.39, 0.29) is 6.42 Å². The second-order valence-corrected chi connectivity index (χ2v) is 7.98. The van der Waals surface area contributed by atoms with E-state index in [1.54, 1.807) is 0 Å². The normalized spacial score (nSPS) is 41.8. The SMILES string of the molecule is O=C(O)NC(CC[C@H]1O[C@H](CO)[C@@H](O)[C@H](O)[C@@H]1O)C(O)(O)[C@H]1O[C@H](CO)[C@@H](O)[C@H](O)[C@@H]1O. The van der Waals surface area contributed by atoms with Crippen LogP contribution < -0.4 is 5.32 Å². The molecule has 2 aliphatic rings. The summed E-state index contributed by atoms with van der Waals surface area (Å²) in [5, 5.41) is 110. The molecular formula is C17H31NO14. The van der Waals surface area contributed by atoms with Crippen molar-refractivity contribution in [3.05, 3.63) is 0 Å². The first kappa shape index (κ1) is 27.0. The highest BCUT2D eigenvalue weighted by Gasteiger charge is 2.55. The minimum Gasteiger partial charge on any atom is -0.465 e. The molecular weight excluding hydrogens is 442 g/mol. The fraction of sp³-hybridized carbons (Fsp3) is 0.941. The second kappa shape index (κ2) is 10.8. The van der Waals surface area contributed by atoms with Crippen molar-refractivity contribution in [3.8, 4) is 0 Å². The summed E-state index contributed by atoms with van der Waals surface area (Å²) in [6.45, 7) is -1.56. The zero-order chi connectivity index (χ0) is 24.4. The third-order valence-electron chi connectivity index (χ3n) is 5.85. The van der Waals surface area contributed by atoms with Gasteiger partial charge in [-0.15, -0.1) is 0 Å². The van der Waals surface area contributed by atoms with Gasteiger partial charge in [-0.2, -0.15) is 0 Å². The van der Waals surface area contributed by atoms with E-state index in [1.165, 1.54) is 0 Å². The van der Waals surface area contributed by atoms with Crippen LogP contribution in [0.15, 0.2) is 0 Å². The van der Waals surface area contributed by atoms with Gasteiger partial charge >= 0.3 is 6.09 Å². The molecule has 2 heterocycles. The van der Waals surface area contributed by atoms with Gasteiger partial charge < -0.3 is 71.0 Å².